The summed E-state index contributed by atoms with van der Waals surface area (Å²) in [6, 6.07) is 8.87. The summed E-state index contributed by atoms with van der Waals surface area (Å²) >= 11 is 11.3. The highest BCUT2D eigenvalue weighted by atomic mass is 35.5. The number of rotatable bonds is 5. The summed E-state index contributed by atoms with van der Waals surface area (Å²) in [5.74, 6) is 0.592. The minimum atomic E-state index is -0.621. The van der Waals surface area contributed by atoms with E-state index in [1.807, 2.05) is 6.07 Å². The summed E-state index contributed by atoms with van der Waals surface area (Å²) in [6.45, 7) is 0. The van der Waals surface area contributed by atoms with Gasteiger partial charge in [-0.3, -0.25) is 4.79 Å². The van der Waals surface area contributed by atoms with Crippen molar-refractivity contribution < 1.29 is 9.53 Å². The molecule has 0 bridgehead atoms. The van der Waals surface area contributed by atoms with E-state index in [9.17, 15) is 4.79 Å². The van der Waals surface area contributed by atoms with Crippen molar-refractivity contribution in [2.45, 2.75) is 18.2 Å². The molecule has 0 amide bonds. The Morgan fingerprint density at radius 1 is 1.33 bits per heavy atom. The largest absolute Gasteiger partial charge is 0.425 e. The van der Waals surface area contributed by atoms with E-state index in [4.69, 9.17) is 27.9 Å². The van der Waals surface area contributed by atoms with Gasteiger partial charge in [-0.15, -0.1) is 23.2 Å². The zero-order valence-corrected chi connectivity index (χ0v) is 9.67. The average Bonchev–Trinajstić information content (AvgIpc) is 2.27. The van der Waals surface area contributed by atoms with Gasteiger partial charge in [-0.25, -0.2) is 0 Å². The van der Waals surface area contributed by atoms with Crippen molar-refractivity contribution in [1.29, 1.82) is 0 Å². The third kappa shape index (κ3) is 4.54. The van der Waals surface area contributed by atoms with Crippen LogP contribution in [0.25, 0.3) is 0 Å². The van der Waals surface area contributed by atoms with Gasteiger partial charge in [-0.05, 0) is 25.0 Å². The molecule has 82 valence electrons. The van der Waals surface area contributed by atoms with E-state index in [-0.39, 0.29) is 0 Å². The minimum Gasteiger partial charge on any atom is -0.425 e. The summed E-state index contributed by atoms with van der Waals surface area (Å²) in [5, 5.41) is -0.621. The van der Waals surface area contributed by atoms with Gasteiger partial charge in [0.25, 0.3) is 0 Å². The SMILES string of the molecule is O=C(Oc1ccccc1)C(Cl)CCCCl. The number of benzene rings is 1. The number of ether oxygens (including phenoxy) is 1. The van der Waals surface area contributed by atoms with E-state index < -0.39 is 11.3 Å². The van der Waals surface area contributed by atoms with E-state index in [0.29, 0.717) is 24.5 Å². The Labute approximate surface area is 99.1 Å². The van der Waals surface area contributed by atoms with Crippen LogP contribution in [0.1, 0.15) is 12.8 Å². The second-order valence-electron chi connectivity index (χ2n) is 3.03. The fourth-order valence-corrected chi connectivity index (χ4v) is 1.40. The molecule has 1 rings (SSSR count). The molecule has 0 spiro atoms. The summed E-state index contributed by atoms with van der Waals surface area (Å²) in [7, 11) is 0. The molecular weight excluding hydrogens is 235 g/mol. The molecular formula is C11H12Cl2O2. The molecule has 2 nitrogen and oxygen atoms in total. The summed E-state index contributed by atoms with van der Waals surface area (Å²) in [4.78, 5) is 11.4. The van der Waals surface area contributed by atoms with Crippen LogP contribution in [0, 0.1) is 0 Å². The molecule has 15 heavy (non-hydrogen) atoms. The lowest BCUT2D eigenvalue weighted by Gasteiger charge is -2.08. The van der Waals surface area contributed by atoms with Crippen molar-refractivity contribution in [2.24, 2.45) is 0 Å². The van der Waals surface area contributed by atoms with Crippen LogP contribution < -0.4 is 4.74 Å². The monoisotopic (exact) mass is 246 g/mol. The Bertz CT molecular complexity index is 301. The highest BCUT2D eigenvalue weighted by Crippen LogP contribution is 2.13. The van der Waals surface area contributed by atoms with Crippen LogP contribution in [-0.2, 0) is 4.79 Å². The average molecular weight is 247 g/mol. The lowest BCUT2D eigenvalue weighted by atomic mass is 10.2. The Morgan fingerprint density at radius 2 is 2.00 bits per heavy atom. The van der Waals surface area contributed by atoms with Crippen LogP contribution >= 0.6 is 23.2 Å². The molecule has 1 aromatic carbocycles. The number of hydrogen-bond donors (Lipinski definition) is 0. The Balaban J connectivity index is 2.42. The summed E-state index contributed by atoms with van der Waals surface area (Å²) in [6.07, 6.45) is 1.25. The molecule has 0 heterocycles. The fourth-order valence-electron chi connectivity index (χ4n) is 1.04. The number of carbonyl (C=O) groups excluding carboxylic acids is 1. The molecule has 0 aliphatic carbocycles. The van der Waals surface area contributed by atoms with Crippen LogP contribution in [0.2, 0.25) is 0 Å². The normalized spacial score (nSPS) is 12.1. The van der Waals surface area contributed by atoms with Gasteiger partial charge in [0.05, 0.1) is 0 Å². The smallest absolute Gasteiger partial charge is 0.329 e. The summed E-state index contributed by atoms with van der Waals surface area (Å²) < 4.78 is 5.06. The first-order valence-corrected chi connectivity index (χ1v) is 5.68. The van der Waals surface area contributed by atoms with E-state index in [1.54, 1.807) is 24.3 Å². The van der Waals surface area contributed by atoms with Gasteiger partial charge in [0.2, 0.25) is 0 Å². The topological polar surface area (TPSA) is 26.3 Å². The first-order valence-electron chi connectivity index (χ1n) is 4.71. The van der Waals surface area contributed by atoms with Gasteiger partial charge < -0.3 is 4.74 Å². The molecule has 0 aromatic heterocycles. The third-order valence-corrected chi connectivity index (χ3v) is 2.47. The first kappa shape index (κ1) is 12.3. The van der Waals surface area contributed by atoms with Crippen molar-refractivity contribution >= 4 is 29.2 Å². The minimum absolute atomic E-state index is 0.423. The molecule has 1 atom stereocenters. The number of carbonyl (C=O) groups is 1. The van der Waals surface area contributed by atoms with Crippen LogP contribution in [0.4, 0.5) is 0 Å². The second-order valence-corrected chi connectivity index (χ2v) is 3.94. The molecule has 4 heteroatoms. The molecule has 1 unspecified atom stereocenters. The Morgan fingerprint density at radius 3 is 2.60 bits per heavy atom. The first-order chi connectivity index (χ1) is 7.24. The van der Waals surface area contributed by atoms with Crippen LogP contribution in [-0.4, -0.2) is 17.2 Å². The molecule has 0 aliphatic rings. The van der Waals surface area contributed by atoms with Crippen LogP contribution in [0.5, 0.6) is 5.75 Å². The molecule has 0 aliphatic heterocycles. The van der Waals surface area contributed by atoms with E-state index in [2.05, 4.69) is 0 Å². The van der Waals surface area contributed by atoms with Crippen molar-refractivity contribution in [3.63, 3.8) is 0 Å². The maximum absolute atomic E-state index is 11.4. The number of alkyl halides is 2. The highest BCUT2D eigenvalue weighted by molar-refractivity contribution is 6.30. The summed E-state index contributed by atoms with van der Waals surface area (Å²) in [5.41, 5.74) is 0. The molecule has 0 fully saturated rings. The van der Waals surface area contributed by atoms with E-state index in [1.165, 1.54) is 0 Å². The number of para-hydroxylation sites is 1. The highest BCUT2D eigenvalue weighted by Gasteiger charge is 2.16. The molecule has 1 aromatic rings. The van der Waals surface area contributed by atoms with Crippen molar-refractivity contribution in [3.8, 4) is 5.75 Å². The van der Waals surface area contributed by atoms with Crippen molar-refractivity contribution in [2.75, 3.05) is 5.88 Å². The maximum atomic E-state index is 11.4. The standard InChI is InChI=1S/C11H12Cl2O2/c12-8-4-7-10(13)11(14)15-9-5-2-1-3-6-9/h1-3,5-6,10H,4,7-8H2. The quantitative estimate of drug-likeness (QED) is 0.453. The third-order valence-electron chi connectivity index (χ3n) is 1.81. The lowest BCUT2D eigenvalue weighted by molar-refractivity contribution is -0.134. The number of hydrogen-bond acceptors (Lipinski definition) is 2. The van der Waals surface area contributed by atoms with Crippen LogP contribution in [0.15, 0.2) is 30.3 Å². The predicted octanol–water partition coefficient (Wildman–Crippen LogP) is 3.22. The van der Waals surface area contributed by atoms with Gasteiger partial charge in [-0.1, -0.05) is 18.2 Å². The lowest BCUT2D eigenvalue weighted by Crippen LogP contribution is -2.20. The molecule has 0 N–H and O–H groups in total. The predicted molar refractivity (Wildman–Crippen MR) is 61.7 cm³/mol. The van der Waals surface area contributed by atoms with Crippen molar-refractivity contribution in [3.05, 3.63) is 30.3 Å². The second kappa shape index (κ2) is 6.70. The van der Waals surface area contributed by atoms with E-state index >= 15 is 0 Å². The number of halogens is 2. The molecule has 0 saturated heterocycles. The van der Waals surface area contributed by atoms with Crippen LogP contribution in [0.3, 0.4) is 0 Å². The van der Waals surface area contributed by atoms with Gasteiger partial charge in [-0.2, -0.15) is 0 Å². The zero-order chi connectivity index (χ0) is 11.1. The van der Waals surface area contributed by atoms with Gasteiger partial charge in [0.1, 0.15) is 11.1 Å². The fraction of sp³-hybridized carbons (Fsp3) is 0.364. The van der Waals surface area contributed by atoms with Crippen molar-refractivity contribution in [1.82, 2.24) is 0 Å². The van der Waals surface area contributed by atoms with Gasteiger partial charge in [0.15, 0.2) is 0 Å². The Kier molecular flexibility index (Phi) is 5.51. The number of esters is 1. The van der Waals surface area contributed by atoms with Gasteiger partial charge >= 0.3 is 5.97 Å². The van der Waals surface area contributed by atoms with Gasteiger partial charge in [0, 0.05) is 5.88 Å². The zero-order valence-electron chi connectivity index (χ0n) is 8.16. The Hall–Kier alpha value is -0.730. The molecule has 0 radical (unpaired) electrons. The van der Waals surface area contributed by atoms with E-state index in [0.717, 1.165) is 0 Å². The maximum Gasteiger partial charge on any atom is 0.329 e. The molecule has 0 saturated carbocycles.